The Hall–Kier alpha value is -0.930. The van der Waals surface area contributed by atoms with Crippen LogP contribution in [0.15, 0.2) is 0 Å². The van der Waals surface area contributed by atoms with Crippen LogP contribution in [0.3, 0.4) is 0 Å². The number of sulfone groups is 1. The number of methoxy groups -OCH3 is 1. The molecule has 6 atom stereocenters. The van der Waals surface area contributed by atoms with Gasteiger partial charge in [0.2, 0.25) is 5.91 Å². The molecule has 4 fully saturated rings. The number of amides is 1. The summed E-state index contributed by atoms with van der Waals surface area (Å²) in [6.45, 7) is 3.50. The van der Waals surface area contributed by atoms with Crippen molar-refractivity contribution in [2.75, 3.05) is 58.7 Å². The van der Waals surface area contributed by atoms with Gasteiger partial charge in [0.05, 0.1) is 41.9 Å². The first-order valence-electron chi connectivity index (χ1n) is 11.9. The van der Waals surface area contributed by atoms with Gasteiger partial charge in [-0.3, -0.25) is 15.0 Å². The van der Waals surface area contributed by atoms with Gasteiger partial charge in [-0.15, -0.1) is 0 Å². The van der Waals surface area contributed by atoms with Gasteiger partial charge in [-0.1, -0.05) is 0 Å². The van der Waals surface area contributed by atoms with E-state index < -0.39 is 28.1 Å². The second kappa shape index (κ2) is 10.8. The topological polar surface area (TPSA) is 141 Å². The molecule has 0 radical (unpaired) electrons. The van der Waals surface area contributed by atoms with Crippen molar-refractivity contribution in [3.05, 3.63) is 0 Å². The van der Waals surface area contributed by atoms with E-state index in [4.69, 9.17) is 10.5 Å². The molecule has 0 saturated carbocycles. The molecule has 4 heterocycles. The van der Waals surface area contributed by atoms with Gasteiger partial charge in [0.25, 0.3) is 0 Å². The van der Waals surface area contributed by atoms with Gasteiger partial charge in [0, 0.05) is 32.8 Å². The number of piperidine rings is 2. The normalized spacial score (nSPS) is 37.1. The lowest BCUT2D eigenvalue weighted by Gasteiger charge is -2.44. The number of alkyl halides is 1. The first-order valence-corrected chi connectivity index (χ1v) is 13.6. The lowest BCUT2D eigenvalue weighted by molar-refractivity contribution is -0.128. The van der Waals surface area contributed by atoms with Gasteiger partial charge < -0.3 is 21.1 Å². The summed E-state index contributed by atoms with van der Waals surface area (Å²) in [6.07, 6.45) is 0.138. The highest BCUT2D eigenvalue weighted by Crippen LogP contribution is 2.25. The second-order valence-electron chi connectivity index (χ2n) is 9.55. The van der Waals surface area contributed by atoms with Crippen molar-refractivity contribution < 1.29 is 22.3 Å². The summed E-state index contributed by atoms with van der Waals surface area (Å²) >= 11 is 0. The van der Waals surface area contributed by atoms with Gasteiger partial charge in [-0.05, 0) is 38.9 Å². The van der Waals surface area contributed by atoms with Crippen molar-refractivity contribution in [1.82, 2.24) is 31.3 Å². The third kappa shape index (κ3) is 5.67. The fourth-order valence-corrected chi connectivity index (χ4v) is 7.28. The Morgan fingerprint density at radius 1 is 1.24 bits per heavy atom. The highest BCUT2D eigenvalue weighted by molar-refractivity contribution is 7.92. The molecule has 0 aromatic carbocycles. The number of ether oxygens (including phenoxy) is 1. The van der Waals surface area contributed by atoms with Crippen LogP contribution in [0.4, 0.5) is 4.39 Å². The van der Waals surface area contributed by atoms with E-state index in [0.717, 1.165) is 13.0 Å². The maximum Gasteiger partial charge on any atom is 0.229 e. The highest BCUT2D eigenvalue weighted by atomic mass is 32.2. The Kier molecular flexibility index (Phi) is 8.22. The predicted octanol–water partition coefficient (Wildman–Crippen LogP) is -2.65. The minimum Gasteiger partial charge on any atom is -0.384 e. The number of halogens is 1. The van der Waals surface area contributed by atoms with Crippen LogP contribution in [0, 0.1) is 5.92 Å². The van der Waals surface area contributed by atoms with Crippen LogP contribution in [-0.2, 0) is 19.4 Å². The molecule has 0 aromatic rings. The maximum atomic E-state index is 13.7. The third-order valence-electron chi connectivity index (χ3n) is 7.42. The zero-order valence-electron chi connectivity index (χ0n) is 19.2. The molecule has 1 amide bonds. The molecule has 190 valence electrons. The molecule has 4 saturated heterocycles. The molecular formula is C20H38FN7O4S. The fraction of sp³-hybridized carbons (Fsp3) is 0.950. The number of rotatable bonds is 7. The van der Waals surface area contributed by atoms with Crippen LogP contribution >= 0.6 is 0 Å². The van der Waals surface area contributed by atoms with Crippen molar-refractivity contribution in [2.45, 2.75) is 55.1 Å². The van der Waals surface area contributed by atoms with Gasteiger partial charge in [0.15, 0.2) is 9.84 Å². The molecule has 0 aliphatic carbocycles. The molecule has 0 spiro atoms. The van der Waals surface area contributed by atoms with E-state index in [1.165, 1.54) is 7.11 Å². The minimum absolute atomic E-state index is 0.0608. The van der Waals surface area contributed by atoms with Crippen LogP contribution in [0.5, 0.6) is 0 Å². The second-order valence-corrected chi connectivity index (χ2v) is 12.0. The predicted molar refractivity (Wildman–Crippen MR) is 121 cm³/mol. The summed E-state index contributed by atoms with van der Waals surface area (Å²) in [5.41, 5.74) is 9.21. The average molecular weight is 492 g/mol. The van der Waals surface area contributed by atoms with E-state index in [2.05, 4.69) is 26.3 Å². The van der Waals surface area contributed by atoms with Crippen LogP contribution in [0.1, 0.15) is 19.3 Å². The van der Waals surface area contributed by atoms with Crippen LogP contribution < -0.4 is 27.1 Å². The molecule has 11 nitrogen and oxygen atoms in total. The summed E-state index contributed by atoms with van der Waals surface area (Å²) < 4.78 is 43.7. The number of nitrogens with zero attached hydrogens (tertiary/aromatic N) is 2. The van der Waals surface area contributed by atoms with Gasteiger partial charge in [0.1, 0.15) is 6.17 Å². The maximum absolute atomic E-state index is 13.7. The molecule has 33 heavy (non-hydrogen) atoms. The Morgan fingerprint density at radius 2 is 2.00 bits per heavy atom. The van der Waals surface area contributed by atoms with Crippen molar-refractivity contribution in [2.24, 2.45) is 11.7 Å². The third-order valence-corrected chi connectivity index (χ3v) is 9.65. The van der Waals surface area contributed by atoms with E-state index in [1.807, 2.05) is 0 Å². The molecule has 0 aromatic heterocycles. The first kappa shape index (κ1) is 25.2. The number of likely N-dealkylation sites (tertiary alicyclic amines) is 1. The number of nitrogens with two attached hydrogens (primary N) is 1. The van der Waals surface area contributed by atoms with E-state index >= 15 is 0 Å². The van der Waals surface area contributed by atoms with Crippen molar-refractivity contribution in [1.29, 1.82) is 0 Å². The SMILES string of the molecule is COCCS(=O)(=O)C1CCN(C2CCNCC2NC(=O)C2C(N)NN3CC(F)CNC23)CC1. The lowest BCUT2D eigenvalue weighted by atomic mass is 9.94. The molecule has 4 aliphatic rings. The van der Waals surface area contributed by atoms with Crippen LogP contribution in [0.25, 0.3) is 0 Å². The zero-order chi connectivity index (χ0) is 23.6. The Labute approximate surface area is 195 Å². The summed E-state index contributed by atoms with van der Waals surface area (Å²) in [4.78, 5) is 15.6. The summed E-state index contributed by atoms with van der Waals surface area (Å²) in [7, 11) is -1.65. The number of hydrogen-bond donors (Lipinski definition) is 5. The van der Waals surface area contributed by atoms with E-state index in [1.54, 1.807) is 5.01 Å². The molecule has 6 unspecified atom stereocenters. The quantitative estimate of drug-likeness (QED) is 0.256. The van der Waals surface area contributed by atoms with E-state index in [0.29, 0.717) is 32.5 Å². The highest BCUT2D eigenvalue weighted by Gasteiger charge is 2.48. The molecule has 6 N–H and O–H groups in total. The summed E-state index contributed by atoms with van der Waals surface area (Å²) in [5.74, 6) is -0.620. The summed E-state index contributed by atoms with van der Waals surface area (Å²) in [5, 5.41) is 11.0. The van der Waals surface area contributed by atoms with Gasteiger partial charge >= 0.3 is 0 Å². The first-order chi connectivity index (χ1) is 15.8. The smallest absolute Gasteiger partial charge is 0.229 e. The number of hydrazine groups is 1. The van der Waals surface area contributed by atoms with Crippen molar-refractivity contribution in [3.63, 3.8) is 0 Å². The fourth-order valence-electron chi connectivity index (χ4n) is 5.62. The van der Waals surface area contributed by atoms with E-state index in [-0.39, 0.29) is 54.9 Å². The average Bonchev–Trinajstić information content (AvgIpc) is 3.13. The van der Waals surface area contributed by atoms with Gasteiger partial charge in [-0.25, -0.2) is 23.2 Å². The largest absolute Gasteiger partial charge is 0.384 e. The summed E-state index contributed by atoms with van der Waals surface area (Å²) in [6, 6.07) is 0.0284. The monoisotopic (exact) mass is 491 g/mol. The standard InChI is InChI=1S/C20H38FN7O4S/c1-32-8-9-33(30,31)14-3-6-27(7-4-14)16-2-5-23-11-15(16)25-20(29)17-18(22)26-28-12-13(21)10-24-19(17)28/h13-19,23-24,26H,2-12,22H2,1H3,(H,25,29). The van der Waals surface area contributed by atoms with Crippen LogP contribution in [0.2, 0.25) is 0 Å². The number of carbonyl (C=O) groups excluding carboxylic acids is 1. The number of hydrogen-bond acceptors (Lipinski definition) is 10. The van der Waals surface area contributed by atoms with Crippen LogP contribution in [-0.4, -0.2) is 119 Å². The lowest BCUT2D eigenvalue weighted by Crippen LogP contribution is -2.64. The van der Waals surface area contributed by atoms with E-state index in [9.17, 15) is 17.6 Å². The zero-order valence-corrected chi connectivity index (χ0v) is 20.0. The molecular weight excluding hydrogens is 453 g/mol. The van der Waals surface area contributed by atoms with Crippen molar-refractivity contribution >= 4 is 15.7 Å². The number of carbonyl (C=O) groups is 1. The Bertz CT molecular complexity index is 782. The van der Waals surface area contributed by atoms with Gasteiger partial charge in [-0.2, -0.15) is 0 Å². The Balaban J connectivity index is 1.35. The molecule has 4 aliphatic heterocycles. The molecule has 13 heteroatoms. The van der Waals surface area contributed by atoms with Crippen molar-refractivity contribution in [3.8, 4) is 0 Å². The molecule has 4 rings (SSSR count). The minimum atomic E-state index is -3.16. The molecule has 0 bridgehead atoms. The number of nitrogens with one attached hydrogen (secondary N) is 4. The number of fused-ring (bicyclic) bond motifs is 1. The Morgan fingerprint density at radius 3 is 2.73 bits per heavy atom.